The summed E-state index contributed by atoms with van der Waals surface area (Å²) in [4.78, 5) is 25.7. The fourth-order valence-corrected chi connectivity index (χ4v) is 4.87. The Balaban J connectivity index is 1.47. The number of anilines is 2. The third-order valence-electron chi connectivity index (χ3n) is 6.89. The molecule has 3 aromatic rings. The fourth-order valence-electron chi connectivity index (χ4n) is 4.87. The molecule has 0 aliphatic carbocycles. The second kappa shape index (κ2) is 11.2. The molecular weight excluding hydrogens is 454 g/mol. The summed E-state index contributed by atoms with van der Waals surface area (Å²) in [5.74, 6) is 1.53. The first-order chi connectivity index (χ1) is 17.6. The van der Waals surface area contributed by atoms with E-state index in [0.717, 1.165) is 67.7 Å². The molecule has 0 radical (unpaired) electrons. The number of aromatic nitrogens is 2. The van der Waals surface area contributed by atoms with Crippen LogP contribution in [0.4, 0.5) is 11.6 Å². The van der Waals surface area contributed by atoms with Crippen molar-refractivity contribution in [3.8, 4) is 5.75 Å². The molecule has 0 unspecified atom stereocenters. The zero-order valence-corrected chi connectivity index (χ0v) is 21.2. The van der Waals surface area contributed by atoms with Crippen LogP contribution in [-0.4, -0.2) is 72.0 Å². The van der Waals surface area contributed by atoms with Crippen LogP contribution < -0.4 is 15.2 Å². The van der Waals surface area contributed by atoms with Crippen molar-refractivity contribution in [2.45, 2.75) is 26.9 Å². The van der Waals surface area contributed by atoms with Crippen LogP contribution in [0.5, 0.6) is 5.75 Å². The number of rotatable bonds is 8. The summed E-state index contributed by atoms with van der Waals surface area (Å²) in [7, 11) is 0. The first kappa shape index (κ1) is 24.5. The molecule has 0 N–H and O–H groups in total. The Morgan fingerprint density at radius 1 is 0.944 bits per heavy atom. The lowest BCUT2D eigenvalue weighted by atomic mass is 10.1. The summed E-state index contributed by atoms with van der Waals surface area (Å²) in [6.07, 6.45) is 0.579. The monoisotopic (exact) mass is 489 g/mol. The molecule has 190 valence electrons. The molecule has 2 aliphatic heterocycles. The predicted molar refractivity (Wildman–Crippen MR) is 141 cm³/mol. The average molecular weight is 490 g/mol. The molecule has 1 aromatic heterocycles. The van der Waals surface area contributed by atoms with E-state index in [9.17, 15) is 4.79 Å². The van der Waals surface area contributed by atoms with Gasteiger partial charge in [-0.2, -0.15) is 0 Å². The van der Waals surface area contributed by atoms with E-state index in [1.165, 1.54) is 0 Å². The maximum absolute atomic E-state index is 13.8. The maximum Gasteiger partial charge on any atom is 0.259 e. The van der Waals surface area contributed by atoms with Crippen molar-refractivity contribution in [2.75, 3.05) is 57.6 Å². The number of morpholine rings is 1. The molecule has 2 aliphatic rings. The molecule has 1 fully saturated rings. The summed E-state index contributed by atoms with van der Waals surface area (Å²) < 4.78 is 13.0. The Hall–Kier alpha value is -3.20. The van der Waals surface area contributed by atoms with Gasteiger partial charge in [0.25, 0.3) is 5.56 Å². The molecule has 0 bridgehead atoms. The Morgan fingerprint density at radius 2 is 1.67 bits per heavy atom. The minimum Gasteiger partial charge on any atom is -0.494 e. The molecule has 0 saturated carbocycles. The molecule has 5 rings (SSSR count). The van der Waals surface area contributed by atoms with Crippen molar-refractivity contribution in [2.24, 2.45) is 0 Å². The quantitative estimate of drug-likeness (QED) is 0.481. The number of hydrogen-bond donors (Lipinski definition) is 0. The van der Waals surface area contributed by atoms with Crippen LogP contribution in [-0.2, 0) is 17.8 Å². The first-order valence-electron chi connectivity index (χ1n) is 12.8. The number of benzene rings is 2. The van der Waals surface area contributed by atoms with Crippen LogP contribution in [0.1, 0.15) is 23.7 Å². The molecule has 0 atom stereocenters. The van der Waals surface area contributed by atoms with Gasteiger partial charge in [-0.25, -0.2) is 4.98 Å². The van der Waals surface area contributed by atoms with Crippen LogP contribution in [0.3, 0.4) is 0 Å². The van der Waals surface area contributed by atoms with Gasteiger partial charge >= 0.3 is 0 Å². The highest BCUT2D eigenvalue weighted by Crippen LogP contribution is 2.29. The molecule has 2 aromatic carbocycles. The van der Waals surface area contributed by atoms with Crippen LogP contribution in [0.2, 0.25) is 0 Å². The molecule has 1 saturated heterocycles. The van der Waals surface area contributed by atoms with E-state index in [0.29, 0.717) is 32.3 Å². The predicted octanol–water partition coefficient (Wildman–Crippen LogP) is 3.24. The number of aryl methyl sites for hydroxylation is 1. The Labute approximate surface area is 212 Å². The normalized spacial score (nSPS) is 16.7. The van der Waals surface area contributed by atoms with Crippen molar-refractivity contribution in [3.63, 3.8) is 0 Å². The summed E-state index contributed by atoms with van der Waals surface area (Å²) in [5.41, 5.74) is 3.68. The highest BCUT2D eigenvalue weighted by atomic mass is 16.5. The summed E-state index contributed by atoms with van der Waals surface area (Å²) >= 11 is 0. The molecule has 8 heteroatoms. The largest absolute Gasteiger partial charge is 0.494 e. The summed E-state index contributed by atoms with van der Waals surface area (Å²) in [5, 5.41) is 0. The summed E-state index contributed by atoms with van der Waals surface area (Å²) in [6, 6.07) is 18.2. The van der Waals surface area contributed by atoms with Gasteiger partial charge in [-0.1, -0.05) is 30.3 Å². The number of fused-ring (bicyclic) bond motifs is 1. The number of hydrogen-bond acceptors (Lipinski definition) is 7. The number of nitrogens with zero attached hydrogens (tertiary/aromatic N) is 5. The maximum atomic E-state index is 13.8. The van der Waals surface area contributed by atoms with E-state index in [1.54, 1.807) is 0 Å². The summed E-state index contributed by atoms with van der Waals surface area (Å²) in [6.45, 7) is 11.0. The topological polar surface area (TPSA) is 63.1 Å². The highest BCUT2D eigenvalue weighted by molar-refractivity contribution is 5.59. The lowest BCUT2D eigenvalue weighted by molar-refractivity contribution is 0.0310. The standard InChI is InChI=1S/C28H35N5O3/c1-3-36-25-11-9-24(10-12-25)32-20-31(14-13-30-15-17-35-18-16-30)21-33-27(34)26(22(2)29-28(32)33)19-23-7-5-4-6-8-23/h4-12H,3,13-21H2,1-2H3. The molecule has 0 spiro atoms. The minimum atomic E-state index is 0.0355. The van der Waals surface area contributed by atoms with Crippen molar-refractivity contribution >= 4 is 11.6 Å². The average Bonchev–Trinajstić information content (AvgIpc) is 2.92. The van der Waals surface area contributed by atoms with Crippen LogP contribution in [0.25, 0.3) is 0 Å². The third kappa shape index (κ3) is 5.46. The Morgan fingerprint density at radius 3 is 2.39 bits per heavy atom. The van der Waals surface area contributed by atoms with Crippen LogP contribution in [0.15, 0.2) is 59.4 Å². The molecule has 3 heterocycles. The number of ether oxygens (including phenoxy) is 2. The zero-order chi connectivity index (χ0) is 24.9. The van der Waals surface area contributed by atoms with E-state index < -0.39 is 0 Å². The van der Waals surface area contributed by atoms with Gasteiger partial charge in [-0.3, -0.25) is 24.1 Å². The molecular formula is C28H35N5O3. The van der Waals surface area contributed by atoms with Crippen molar-refractivity contribution in [3.05, 3.63) is 81.8 Å². The van der Waals surface area contributed by atoms with Crippen LogP contribution in [0, 0.1) is 6.92 Å². The van der Waals surface area contributed by atoms with Gasteiger partial charge in [0.1, 0.15) is 5.75 Å². The smallest absolute Gasteiger partial charge is 0.259 e. The molecule has 0 amide bonds. The highest BCUT2D eigenvalue weighted by Gasteiger charge is 2.28. The fraction of sp³-hybridized carbons (Fsp3) is 0.429. The van der Waals surface area contributed by atoms with E-state index in [1.807, 2.05) is 60.9 Å². The first-order valence-corrected chi connectivity index (χ1v) is 12.8. The van der Waals surface area contributed by atoms with Gasteiger partial charge in [-0.05, 0) is 43.7 Å². The minimum absolute atomic E-state index is 0.0355. The van der Waals surface area contributed by atoms with Crippen LogP contribution >= 0.6 is 0 Å². The van der Waals surface area contributed by atoms with E-state index >= 15 is 0 Å². The lowest BCUT2D eigenvalue weighted by Crippen LogP contribution is -2.50. The Kier molecular flexibility index (Phi) is 7.65. The zero-order valence-electron chi connectivity index (χ0n) is 21.2. The van der Waals surface area contributed by atoms with E-state index in [2.05, 4.69) is 26.8 Å². The van der Waals surface area contributed by atoms with Crippen molar-refractivity contribution in [1.82, 2.24) is 19.4 Å². The second-order valence-electron chi connectivity index (χ2n) is 9.36. The van der Waals surface area contributed by atoms with E-state index in [-0.39, 0.29) is 5.56 Å². The van der Waals surface area contributed by atoms with Gasteiger partial charge in [-0.15, -0.1) is 0 Å². The van der Waals surface area contributed by atoms with E-state index in [4.69, 9.17) is 14.5 Å². The van der Waals surface area contributed by atoms with Crippen molar-refractivity contribution < 1.29 is 9.47 Å². The Bertz CT molecular complexity index is 1210. The van der Waals surface area contributed by atoms with Crippen molar-refractivity contribution in [1.29, 1.82) is 0 Å². The van der Waals surface area contributed by atoms with Gasteiger partial charge < -0.3 is 9.47 Å². The molecule has 36 heavy (non-hydrogen) atoms. The lowest BCUT2D eigenvalue weighted by Gasteiger charge is -2.39. The van der Waals surface area contributed by atoms with Gasteiger partial charge in [0.05, 0.1) is 38.9 Å². The van der Waals surface area contributed by atoms with Gasteiger partial charge in [0.15, 0.2) is 0 Å². The van der Waals surface area contributed by atoms with Gasteiger partial charge in [0, 0.05) is 43.9 Å². The third-order valence-corrected chi connectivity index (χ3v) is 6.89. The SMILES string of the molecule is CCOc1ccc(N2CN(CCN3CCOCC3)Cn3c2nc(C)c(Cc2ccccc2)c3=O)cc1. The van der Waals surface area contributed by atoms with Gasteiger partial charge in [0.2, 0.25) is 5.95 Å². The molecule has 8 nitrogen and oxygen atoms in total. The second-order valence-corrected chi connectivity index (χ2v) is 9.36.